The molecule has 0 saturated carbocycles. The number of carbonyl (C=O) groups excluding carboxylic acids is 3. The van der Waals surface area contributed by atoms with Gasteiger partial charge >= 0.3 is 5.97 Å². The third kappa shape index (κ3) is 6.44. The number of hydrogen-bond donors (Lipinski definition) is 3. The lowest BCUT2D eigenvalue weighted by atomic mass is 9.91. The number of carbonyl (C=O) groups is 3. The van der Waals surface area contributed by atoms with E-state index >= 15 is 0 Å². The van der Waals surface area contributed by atoms with E-state index in [1.807, 2.05) is 30.3 Å². The minimum Gasteiger partial charge on any atom is -0.459 e. The van der Waals surface area contributed by atoms with Crippen molar-refractivity contribution in [3.05, 3.63) is 94.0 Å². The van der Waals surface area contributed by atoms with Gasteiger partial charge in [-0.2, -0.15) is 0 Å². The molecule has 184 valence electrons. The summed E-state index contributed by atoms with van der Waals surface area (Å²) in [5.74, 6) is -1.10. The maximum absolute atomic E-state index is 12.9. The summed E-state index contributed by atoms with van der Waals surface area (Å²) in [6.45, 7) is 1.53. The van der Waals surface area contributed by atoms with Gasteiger partial charge in [0.1, 0.15) is 12.6 Å². The Morgan fingerprint density at radius 3 is 2.44 bits per heavy atom. The van der Waals surface area contributed by atoms with Crippen LogP contribution in [0.25, 0.3) is 5.57 Å². The highest BCUT2D eigenvalue weighted by molar-refractivity contribution is 6.36. The number of hydrogen-bond acceptors (Lipinski definition) is 5. The molecule has 1 aliphatic heterocycles. The van der Waals surface area contributed by atoms with Gasteiger partial charge in [-0.15, -0.1) is 0 Å². The van der Waals surface area contributed by atoms with Gasteiger partial charge in [0.2, 0.25) is 11.8 Å². The van der Waals surface area contributed by atoms with Crippen molar-refractivity contribution < 1.29 is 19.1 Å². The number of benzene rings is 3. The second-order valence-electron chi connectivity index (χ2n) is 8.23. The third-order valence-electron chi connectivity index (χ3n) is 5.39. The predicted octanol–water partition coefficient (Wildman–Crippen LogP) is 5.90. The fraction of sp³-hybridized carbons (Fsp3) is 0.148. The molecule has 1 atom stereocenters. The molecule has 7 nitrogen and oxygen atoms in total. The lowest BCUT2D eigenvalue weighted by molar-refractivity contribution is -0.145. The monoisotopic (exact) mass is 523 g/mol. The number of rotatable bonds is 6. The van der Waals surface area contributed by atoms with Gasteiger partial charge in [0.25, 0.3) is 0 Å². The highest BCUT2D eigenvalue weighted by Crippen LogP contribution is 2.40. The highest BCUT2D eigenvalue weighted by Gasteiger charge is 2.30. The molecule has 0 aromatic heterocycles. The summed E-state index contributed by atoms with van der Waals surface area (Å²) in [6, 6.07) is 18.6. The van der Waals surface area contributed by atoms with Crippen molar-refractivity contribution in [2.45, 2.75) is 26.0 Å². The maximum atomic E-state index is 12.9. The fourth-order valence-corrected chi connectivity index (χ4v) is 4.51. The van der Waals surface area contributed by atoms with Crippen LogP contribution in [-0.2, 0) is 25.7 Å². The van der Waals surface area contributed by atoms with E-state index in [0.29, 0.717) is 38.2 Å². The van der Waals surface area contributed by atoms with Crippen LogP contribution >= 0.6 is 23.2 Å². The standard InChI is InChI=1S/C27H23Cl2N3O4/c1-16(33)30-20-8-5-9-21(14-20)31-25(34)11-18-10-24(27(35)36-15-17-6-3-2-4-7-17)32-23-13-19(28)12-22(29)26(18)23/h2-9,11-14,24,32H,10,15H2,1H3,(H,30,33)(H,31,34). The molecule has 2 amide bonds. The topological polar surface area (TPSA) is 96.5 Å². The van der Waals surface area contributed by atoms with Crippen LogP contribution in [0.5, 0.6) is 0 Å². The van der Waals surface area contributed by atoms with E-state index in [-0.39, 0.29) is 18.9 Å². The first-order valence-corrected chi connectivity index (χ1v) is 11.9. The molecule has 3 N–H and O–H groups in total. The normalized spacial score (nSPS) is 15.4. The summed E-state index contributed by atoms with van der Waals surface area (Å²) >= 11 is 12.7. The molecule has 36 heavy (non-hydrogen) atoms. The molecule has 1 heterocycles. The number of anilines is 3. The number of nitrogens with one attached hydrogen (secondary N) is 3. The first kappa shape index (κ1) is 25.3. The lowest BCUT2D eigenvalue weighted by Crippen LogP contribution is -2.35. The van der Waals surface area contributed by atoms with Crippen LogP contribution in [-0.4, -0.2) is 23.8 Å². The van der Waals surface area contributed by atoms with E-state index in [2.05, 4.69) is 16.0 Å². The SMILES string of the molecule is CC(=O)Nc1cccc(NC(=O)C=C2CC(C(=O)OCc3ccccc3)Nc3cc(Cl)cc(Cl)c32)c1. The minimum atomic E-state index is -0.738. The number of esters is 1. The van der Waals surface area contributed by atoms with Gasteiger partial charge in [0, 0.05) is 47.1 Å². The van der Waals surface area contributed by atoms with Gasteiger partial charge in [-0.05, 0) is 41.5 Å². The third-order valence-corrected chi connectivity index (χ3v) is 5.91. The number of ether oxygens (including phenoxy) is 1. The zero-order valence-electron chi connectivity index (χ0n) is 19.3. The Balaban J connectivity index is 1.56. The molecule has 0 spiro atoms. The second-order valence-corrected chi connectivity index (χ2v) is 9.07. The van der Waals surface area contributed by atoms with Gasteiger partial charge in [0.05, 0.1) is 5.02 Å². The van der Waals surface area contributed by atoms with E-state index in [1.165, 1.54) is 13.0 Å². The molecule has 1 aliphatic rings. The van der Waals surface area contributed by atoms with Crippen molar-refractivity contribution in [2.24, 2.45) is 0 Å². The average Bonchev–Trinajstić information content (AvgIpc) is 2.82. The largest absolute Gasteiger partial charge is 0.459 e. The molecule has 0 bridgehead atoms. The zero-order chi connectivity index (χ0) is 25.7. The van der Waals surface area contributed by atoms with Crippen LogP contribution in [0.4, 0.5) is 17.1 Å². The van der Waals surface area contributed by atoms with Crippen LogP contribution in [0.3, 0.4) is 0 Å². The highest BCUT2D eigenvalue weighted by atomic mass is 35.5. The van der Waals surface area contributed by atoms with Crippen molar-refractivity contribution in [1.29, 1.82) is 0 Å². The number of fused-ring (bicyclic) bond motifs is 1. The van der Waals surface area contributed by atoms with E-state index in [4.69, 9.17) is 27.9 Å². The van der Waals surface area contributed by atoms with E-state index < -0.39 is 17.9 Å². The summed E-state index contributed by atoms with van der Waals surface area (Å²) in [5, 5.41) is 9.34. The molecule has 4 rings (SSSR count). The molecule has 0 aliphatic carbocycles. The van der Waals surface area contributed by atoms with Crippen molar-refractivity contribution in [1.82, 2.24) is 0 Å². The van der Waals surface area contributed by atoms with Gasteiger partial charge in [-0.25, -0.2) is 4.79 Å². The number of halogens is 2. The fourth-order valence-electron chi connectivity index (χ4n) is 3.89. The van der Waals surface area contributed by atoms with Gasteiger partial charge in [-0.3, -0.25) is 9.59 Å². The van der Waals surface area contributed by atoms with Crippen molar-refractivity contribution in [2.75, 3.05) is 16.0 Å². The van der Waals surface area contributed by atoms with Crippen LogP contribution in [0.2, 0.25) is 10.0 Å². The van der Waals surface area contributed by atoms with Crippen molar-refractivity contribution in [3.63, 3.8) is 0 Å². The Morgan fingerprint density at radius 2 is 1.72 bits per heavy atom. The predicted molar refractivity (Wildman–Crippen MR) is 142 cm³/mol. The summed E-state index contributed by atoms with van der Waals surface area (Å²) in [4.78, 5) is 37.1. The minimum absolute atomic E-state index is 0.130. The van der Waals surface area contributed by atoms with Gasteiger partial charge < -0.3 is 20.7 Å². The summed E-state index contributed by atoms with van der Waals surface area (Å²) in [5.41, 5.74) is 3.60. The Morgan fingerprint density at radius 1 is 1.00 bits per heavy atom. The maximum Gasteiger partial charge on any atom is 0.329 e. The Bertz CT molecular complexity index is 1340. The molecule has 0 saturated heterocycles. The van der Waals surface area contributed by atoms with Crippen molar-refractivity contribution in [3.8, 4) is 0 Å². The van der Waals surface area contributed by atoms with Crippen molar-refractivity contribution >= 4 is 63.6 Å². The van der Waals surface area contributed by atoms with Gasteiger partial charge in [0.15, 0.2) is 0 Å². The summed E-state index contributed by atoms with van der Waals surface area (Å²) < 4.78 is 5.51. The molecule has 0 radical (unpaired) electrons. The van der Waals surface area contributed by atoms with Crippen LogP contribution in [0, 0.1) is 0 Å². The Hall–Kier alpha value is -3.81. The molecule has 1 unspecified atom stereocenters. The summed E-state index contributed by atoms with van der Waals surface area (Å²) in [7, 11) is 0. The second kappa shape index (κ2) is 11.3. The van der Waals surface area contributed by atoms with E-state index in [0.717, 1.165) is 5.56 Å². The Kier molecular flexibility index (Phi) is 7.93. The molecular weight excluding hydrogens is 501 g/mol. The quantitative estimate of drug-likeness (QED) is 0.276. The number of amides is 2. The lowest BCUT2D eigenvalue weighted by Gasteiger charge is -2.28. The first-order chi connectivity index (χ1) is 17.3. The molecule has 3 aromatic rings. The molecule has 9 heteroatoms. The van der Waals surface area contributed by atoms with Gasteiger partial charge in [-0.1, -0.05) is 59.6 Å². The molecular formula is C27H23Cl2N3O4. The molecule has 3 aromatic carbocycles. The van der Waals surface area contributed by atoms with E-state index in [1.54, 1.807) is 36.4 Å². The average molecular weight is 524 g/mol. The van der Waals surface area contributed by atoms with E-state index in [9.17, 15) is 14.4 Å². The van der Waals surface area contributed by atoms with Crippen LogP contribution in [0.1, 0.15) is 24.5 Å². The zero-order valence-corrected chi connectivity index (χ0v) is 20.8. The van der Waals surface area contributed by atoms with Crippen LogP contribution in [0.15, 0.2) is 72.8 Å². The summed E-state index contributed by atoms with van der Waals surface area (Å²) in [6.07, 6.45) is 1.59. The first-order valence-electron chi connectivity index (χ1n) is 11.1. The Labute approximate surface area is 218 Å². The van der Waals surface area contributed by atoms with Crippen LogP contribution < -0.4 is 16.0 Å². The smallest absolute Gasteiger partial charge is 0.329 e. The molecule has 0 fully saturated rings.